The number of benzene rings is 1. The van der Waals surface area contributed by atoms with Crippen LogP contribution in [0.3, 0.4) is 0 Å². The first-order valence-electron chi connectivity index (χ1n) is 4.82. The minimum atomic E-state index is -4.72. The zero-order chi connectivity index (χ0) is 13.3. The molecule has 0 saturated heterocycles. The molecule has 18 heavy (non-hydrogen) atoms. The van der Waals surface area contributed by atoms with Crippen molar-refractivity contribution in [3.05, 3.63) is 42.0 Å². The van der Waals surface area contributed by atoms with Gasteiger partial charge in [0.25, 0.3) is 0 Å². The van der Waals surface area contributed by atoms with Gasteiger partial charge in [-0.05, 0) is 12.1 Å². The van der Waals surface area contributed by atoms with E-state index < -0.39 is 17.6 Å². The Kier molecular flexibility index (Phi) is 2.90. The molecule has 0 fully saturated rings. The van der Waals surface area contributed by atoms with Gasteiger partial charge in [0.15, 0.2) is 0 Å². The number of hydrogen-bond donors (Lipinski definition) is 1. The zero-order valence-electron chi connectivity index (χ0n) is 8.87. The van der Waals surface area contributed by atoms with Crippen LogP contribution in [0.15, 0.2) is 30.6 Å². The van der Waals surface area contributed by atoms with Gasteiger partial charge in [0, 0.05) is 5.56 Å². The third-order valence-corrected chi connectivity index (χ3v) is 2.22. The number of nitrogen functional groups attached to an aromatic ring is 1. The number of alkyl halides is 3. The topological polar surface area (TPSA) is 51.8 Å². The molecule has 3 nitrogen and oxygen atoms in total. The van der Waals surface area contributed by atoms with Gasteiger partial charge in [-0.15, -0.1) is 0 Å². The van der Waals surface area contributed by atoms with E-state index in [1.807, 2.05) is 0 Å². The number of nitrogens with two attached hydrogens (primary N) is 1. The lowest BCUT2D eigenvalue weighted by molar-refractivity contribution is -0.139. The molecule has 0 unspecified atom stereocenters. The van der Waals surface area contributed by atoms with E-state index in [1.165, 1.54) is 12.4 Å². The Balaban J connectivity index is 2.47. The Morgan fingerprint density at radius 2 is 1.83 bits per heavy atom. The maximum Gasteiger partial charge on any atom is 0.419 e. The minimum Gasteiger partial charge on any atom is -0.382 e. The second kappa shape index (κ2) is 4.25. The Morgan fingerprint density at radius 3 is 2.39 bits per heavy atom. The molecule has 0 aliphatic carbocycles. The molecule has 0 aliphatic heterocycles. The van der Waals surface area contributed by atoms with Crippen molar-refractivity contribution >= 4 is 5.82 Å². The van der Waals surface area contributed by atoms with Gasteiger partial charge in [0.2, 0.25) is 0 Å². The molecule has 2 rings (SSSR count). The summed E-state index contributed by atoms with van der Waals surface area (Å²) in [6, 6.07) is 2.54. The molecule has 0 radical (unpaired) electrons. The highest BCUT2D eigenvalue weighted by molar-refractivity contribution is 5.60. The van der Waals surface area contributed by atoms with Crippen LogP contribution in [0.2, 0.25) is 0 Å². The van der Waals surface area contributed by atoms with Crippen LogP contribution in [0.4, 0.5) is 23.4 Å². The first-order valence-corrected chi connectivity index (χ1v) is 4.82. The molecule has 0 aliphatic rings. The van der Waals surface area contributed by atoms with Crippen LogP contribution in [-0.2, 0) is 6.18 Å². The molecule has 94 valence electrons. The Bertz CT molecular complexity index is 581. The van der Waals surface area contributed by atoms with Crippen molar-refractivity contribution in [3.63, 3.8) is 0 Å². The third-order valence-electron chi connectivity index (χ3n) is 2.22. The van der Waals surface area contributed by atoms with Crippen molar-refractivity contribution in [2.24, 2.45) is 0 Å². The second-order valence-electron chi connectivity index (χ2n) is 3.52. The fourth-order valence-electron chi connectivity index (χ4n) is 1.42. The Hall–Kier alpha value is -2.18. The minimum absolute atomic E-state index is 0.104. The molecule has 1 aromatic carbocycles. The van der Waals surface area contributed by atoms with Crippen LogP contribution in [0, 0.1) is 5.82 Å². The van der Waals surface area contributed by atoms with Gasteiger partial charge >= 0.3 is 6.18 Å². The molecule has 2 aromatic rings. The monoisotopic (exact) mass is 257 g/mol. The van der Waals surface area contributed by atoms with Crippen molar-refractivity contribution in [1.82, 2.24) is 9.97 Å². The lowest BCUT2D eigenvalue weighted by Gasteiger charge is -2.09. The van der Waals surface area contributed by atoms with Gasteiger partial charge in [-0.1, -0.05) is 6.07 Å². The summed E-state index contributed by atoms with van der Waals surface area (Å²) in [5, 5.41) is 0. The fraction of sp³-hybridized carbons (Fsp3) is 0.0909. The van der Waals surface area contributed by atoms with E-state index >= 15 is 0 Å². The molecular formula is C11H7F4N3. The normalized spacial score (nSPS) is 11.6. The summed E-state index contributed by atoms with van der Waals surface area (Å²) in [4.78, 5) is 7.57. The number of nitrogens with zero attached hydrogens (tertiary/aromatic N) is 2. The highest BCUT2D eigenvalue weighted by Gasteiger charge is 2.33. The molecular weight excluding hydrogens is 250 g/mol. The van der Waals surface area contributed by atoms with E-state index in [1.54, 1.807) is 0 Å². The van der Waals surface area contributed by atoms with Crippen molar-refractivity contribution in [2.75, 3.05) is 5.73 Å². The first-order chi connectivity index (χ1) is 8.38. The summed E-state index contributed by atoms with van der Waals surface area (Å²) in [6.45, 7) is 0. The average Bonchev–Trinajstić information content (AvgIpc) is 2.27. The second-order valence-corrected chi connectivity index (χ2v) is 3.52. The lowest BCUT2D eigenvalue weighted by Crippen LogP contribution is -2.08. The summed E-state index contributed by atoms with van der Waals surface area (Å²) in [5.41, 5.74) is 4.46. The van der Waals surface area contributed by atoms with E-state index in [2.05, 4.69) is 9.97 Å². The van der Waals surface area contributed by atoms with Gasteiger partial charge in [-0.3, -0.25) is 4.98 Å². The van der Waals surface area contributed by atoms with Crippen molar-refractivity contribution in [3.8, 4) is 11.3 Å². The molecule has 0 saturated carbocycles. The van der Waals surface area contributed by atoms with Gasteiger partial charge < -0.3 is 5.73 Å². The average molecular weight is 257 g/mol. The van der Waals surface area contributed by atoms with Crippen molar-refractivity contribution < 1.29 is 17.6 Å². The smallest absolute Gasteiger partial charge is 0.382 e. The van der Waals surface area contributed by atoms with Crippen LogP contribution in [0.25, 0.3) is 11.3 Å². The highest BCUT2D eigenvalue weighted by Crippen LogP contribution is 2.33. The number of hydrogen-bond acceptors (Lipinski definition) is 3. The van der Waals surface area contributed by atoms with Gasteiger partial charge in [0.1, 0.15) is 11.6 Å². The summed E-state index contributed by atoms with van der Waals surface area (Å²) in [5.74, 6) is -1.25. The van der Waals surface area contributed by atoms with E-state index in [0.717, 1.165) is 12.1 Å². The fourth-order valence-corrected chi connectivity index (χ4v) is 1.42. The predicted molar refractivity (Wildman–Crippen MR) is 56.8 cm³/mol. The molecule has 1 heterocycles. The van der Waals surface area contributed by atoms with Crippen molar-refractivity contribution in [1.29, 1.82) is 0 Å². The van der Waals surface area contributed by atoms with Crippen LogP contribution >= 0.6 is 0 Å². The largest absolute Gasteiger partial charge is 0.419 e. The summed E-state index contributed by atoms with van der Waals surface area (Å²) < 4.78 is 50.4. The number of rotatable bonds is 1. The quantitative estimate of drug-likeness (QED) is 0.799. The van der Waals surface area contributed by atoms with Crippen LogP contribution in [-0.4, -0.2) is 9.97 Å². The van der Waals surface area contributed by atoms with Crippen LogP contribution < -0.4 is 5.73 Å². The predicted octanol–water partition coefficient (Wildman–Crippen LogP) is 2.88. The molecule has 0 bridgehead atoms. The first kappa shape index (κ1) is 12.3. The van der Waals surface area contributed by atoms with E-state index in [0.29, 0.717) is 6.07 Å². The van der Waals surface area contributed by atoms with Gasteiger partial charge in [0.05, 0.1) is 23.7 Å². The highest BCUT2D eigenvalue weighted by atomic mass is 19.4. The maximum atomic E-state index is 13.3. The van der Waals surface area contributed by atoms with Gasteiger partial charge in [-0.2, -0.15) is 13.2 Å². The van der Waals surface area contributed by atoms with Crippen LogP contribution in [0.1, 0.15) is 5.56 Å². The molecule has 0 amide bonds. The number of anilines is 1. The van der Waals surface area contributed by atoms with Crippen LogP contribution in [0.5, 0.6) is 0 Å². The van der Waals surface area contributed by atoms with E-state index in [-0.39, 0.29) is 17.1 Å². The molecule has 1 aromatic heterocycles. The lowest BCUT2D eigenvalue weighted by atomic mass is 10.1. The van der Waals surface area contributed by atoms with E-state index in [9.17, 15) is 17.6 Å². The summed E-state index contributed by atoms with van der Waals surface area (Å²) in [7, 11) is 0. The Labute approximate surface area is 99.3 Å². The Morgan fingerprint density at radius 1 is 1.11 bits per heavy atom. The standard InChI is InChI=1S/C11H7F4N3/c12-8-3-6(1-2-7(8)11(13,14)15)9-4-17-5-10(16)18-9/h1-5H,(H2,16,18). The third kappa shape index (κ3) is 2.39. The number of aromatic nitrogens is 2. The zero-order valence-corrected chi connectivity index (χ0v) is 8.87. The molecule has 0 atom stereocenters. The van der Waals surface area contributed by atoms with Gasteiger partial charge in [-0.25, -0.2) is 9.37 Å². The molecule has 7 heteroatoms. The SMILES string of the molecule is Nc1cncc(-c2ccc(C(F)(F)F)c(F)c2)n1. The maximum absolute atomic E-state index is 13.3. The van der Waals surface area contributed by atoms with E-state index in [4.69, 9.17) is 5.73 Å². The molecule has 0 spiro atoms. The molecule has 2 N–H and O–H groups in total. The van der Waals surface area contributed by atoms with Crippen molar-refractivity contribution in [2.45, 2.75) is 6.18 Å². The summed E-state index contributed by atoms with van der Waals surface area (Å²) >= 11 is 0. The summed E-state index contributed by atoms with van der Waals surface area (Å²) in [6.07, 6.45) is -2.15. The number of halogens is 4.